The van der Waals surface area contributed by atoms with E-state index in [-0.39, 0.29) is 29.9 Å². The van der Waals surface area contributed by atoms with Crippen LogP contribution in [0.2, 0.25) is 0 Å². The number of Topliss-reactive ketones (excluding diaryl/α,β-unsaturated/α-hetero) is 2. The molecule has 0 saturated carbocycles. The maximum absolute atomic E-state index is 13.8. The van der Waals surface area contributed by atoms with Crippen LogP contribution in [0.1, 0.15) is 47.8 Å². The Labute approximate surface area is 254 Å². The Kier molecular flexibility index (Phi) is 9.65. The molecule has 1 aliphatic rings. The van der Waals surface area contributed by atoms with E-state index in [1.807, 2.05) is 56.5 Å². The number of amides is 1. The van der Waals surface area contributed by atoms with E-state index in [0.717, 1.165) is 26.1 Å². The van der Waals surface area contributed by atoms with Crippen molar-refractivity contribution in [2.24, 2.45) is 11.8 Å². The fourth-order valence-corrected chi connectivity index (χ4v) is 5.78. The van der Waals surface area contributed by atoms with Gasteiger partial charge in [0, 0.05) is 33.9 Å². The van der Waals surface area contributed by atoms with Crippen LogP contribution < -0.4 is 9.47 Å². The van der Waals surface area contributed by atoms with E-state index < -0.39 is 11.7 Å². The summed E-state index contributed by atoms with van der Waals surface area (Å²) in [4.78, 5) is 41.7. The van der Waals surface area contributed by atoms with Crippen LogP contribution in [0.4, 0.5) is 4.79 Å². The second-order valence-corrected chi connectivity index (χ2v) is 12.9. The smallest absolute Gasteiger partial charge is 0.415 e. The van der Waals surface area contributed by atoms with Gasteiger partial charge < -0.3 is 14.4 Å². The second kappa shape index (κ2) is 12.8. The lowest BCUT2D eigenvalue weighted by molar-refractivity contribution is -0.129. The molecular formula is C33H36BrNO5S. The molecule has 0 bridgehead atoms. The summed E-state index contributed by atoms with van der Waals surface area (Å²) in [6.07, 6.45) is 2.15. The number of nitrogens with zero attached hydrogens (tertiary/aromatic N) is 1. The fraction of sp³-hybridized carbons (Fsp3) is 0.364. The number of carbonyl (C=O) groups is 3. The maximum atomic E-state index is 13.8. The van der Waals surface area contributed by atoms with Crippen LogP contribution in [-0.4, -0.2) is 47.5 Å². The van der Waals surface area contributed by atoms with Crippen molar-refractivity contribution in [3.8, 4) is 11.5 Å². The molecule has 0 radical (unpaired) electrons. The van der Waals surface area contributed by atoms with Gasteiger partial charge in [0.05, 0.1) is 0 Å². The molecule has 3 aromatic carbocycles. The summed E-state index contributed by atoms with van der Waals surface area (Å²) >= 11 is 5.02. The highest BCUT2D eigenvalue weighted by Crippen LogP contribution is 2.34. The van der Waals surface area contributed by atoms with Crippen molar-refractivity contribution < 1.29 is 23.9 Å². The molecule has 2 unspecified atom stereocenters. The van der Waals surface area contributed by atoms with Gasteiger partial charge in [0.2, 0.25) is 0 Å². The first-order valence-electron chi connectivity index (χ1n) is 13.6. The zero-order valence-electron chi connectivity index (χ0n) is 24.3. The molecule has 41 heavy (non-hydrogen) atoms. The average molecular weight is 639 g/mol. The zero-order valence-corrected chi connectivity index (χ0v) is 26.7. The second-order valence-electron chi connectivity index (χ2n) is 11.1. The Morgan fingerprint density at radius 3 is 2.15 bits per heavy atom. The van der Waals surface area contributed by atoms with E-state index in [0.29, 0.717) is 30.0 Å². The van der Waals surface area contributed by atoms with Crippen molar-refractivity contribution >= 4 is 45.4 Å². The summed E-state index contributed by atoms with van der Waals surface area (Å²) in [6, 6.07) is 18.8. The molecule has 2 atom stereocenters. The third-order valence-electron chi connectivity index (χ3n) is 7.65. The molecule has 1 saturated heterocycles. The van der Waals surface area contributed by atoms with Gasteiger partial charge in [-0.05, 0) is 106 Å². The third-order valence-corrected chi connectivity index (χ3v) is 8.92. The lowest BCUT2D eigenvalue weighted by Crippen LogP contribution is -2.36. The molecule has 1 heterocycles. The summed E-state index contributed by atoms with van der Waals surface area (Å²) in [5.74, 6) is 0.654. The minimum atomic E-state index is -0.929. The van der Waals surface area contributed by atoms with Gasteiger partial charge in [-0.25, -0.2) is 4.79 Å². The van der Waals surface area contributed by atoms with Crippen LogP contribution in [0.25, 0.3) is 0 Å². The summed E-state index contributed by atoms with van der Waals surface area (Å²) in [5, 5.41) is 0. The Hall–Kier alpha value is -3.10. The van der Waals surface area contributed by atoms with E-state index in [1.54, 1.807) is 42.6 Å². The SMILES string of the molecule is CSc1ccc(C(=O)C2CN(C(=O)Oc3ccc(Br)cc3)CC2Cc2cc(C)c(OC(C)(C)C(C)=O)c(C)c2)cc1. The molecule has 1 aliphatic heterocycles. The van der Waals surface area contributed by atoms with Gasteiger partial charge in [-0.2, -0.15) is 0 Å². The molecule has 0 aliphatic carbocycles. The number of aryl methyl sites for hydroxylation is 2. The minimum Gasteiger partial charge on any atom is -0.480 e. The van der Waals surface area contributed by atoms with Gasteiger partial charge in [-0.1, -0.05) is 40.2 Å². The molecule has 4 rings (SSSR count). The first-order chi connectivity index (χ1) is 19.4. The lowest BCUT2D eigenvalue weighted by atomic mass is 9.84. The number of hydrogen-bond donors (Lipinski definition) is 0. The van der Waals surface area contributed by atoms with Crippen LogP contribution in [0.15, 0.2) is 70.0 Å². The largest absolute Gasteiger partial charge is 0.480 e. The number of likely N-dealkylation sites (tertiary alicyclic amines) is 1. The van der Waals surface area contributed by atoms with Crippen LogP contribution >= 0.6 is 27.7 Å². The number of thioether (sulfide) groups is 1. The summed E-state index contributed by atoms with van der Waals surface area (Å²) in [5.41, 5.74) is 2.62. The summed E-state index contributed by atoms with van der Waals surface area (Å²) in [7, 11) is 0. The Morgan fingerprint density at radius 1 is 0.976 bits per heavy atom. The number of carbonyl (C=O) groups excluding carboxylic acids is 3. The first kappa shape index (κ1) is 30.8. The minimum absolute atomic E-state index is 0.0261. The summed E-state index contributed by atoms with van der Waals surface area (Å²) in [6.45, 7) is 9.69. The van der Waals surface area contributed by atoms with Crippen LogP contribution in [0.5, 0.6) is 11.5 Å². The highest BCUT2D eigenvalue weighted by Gasteiger charge is 2.40. The molecule has 1 fully saturated rings. The molecule has 1 amide bonds. The number of rotatable bonds is 9. The number of benzene rings is 3. The van der Waals surface area contributed by atoms with Crippen LogP contribution in [-0.2, 0) is 11.2 Å². The standard InChI is InChI=1S/C33H36BrNO5S/c1-20-15-23(16-21(2)31(20)40-33(4,5)22(3)36)17-25-18-35(32(38)39-27-11-9-26(34)10-12-27)19-29(25)30(37)24-7-13-28(41-6)14-8-24/h7-16,25,29H,17-19H2,1-6H3. The first-order valence-corrected chi connectivity index (χ1v) is 15.6. The van der Waals surface area contributed by atoms with Crippen molar-refractivity contribution in [3.05, 3.63) is 87.4 Å². The molecule has 8 heteroatoms. The molecular weight excluding hydrogens is 602 g/mol. The van der Waals surface area contributed by atoms with Gasteiger partial charge in [-0.15, -0.1) is 11.8 Å². The molecule has 3 aromatic rings. The van der Waals surface area contributed by atoms with Gasteiger partial charge >= 0.3 is 6.09 Å². The number of ketones is 2. The van der Waals surface area contributed by atoms with E-state index >= 15 is 0 Å². The van der Waals surface area contributed by atoms with E-state index in [2.05, 4.69) is 28.1 Å². The Bertz CT molecular complexity index is 1410. The van der Waals surface area contributed by atoms with E-state index in [4.69, 9.17) is 9.47 Å². The Balaban J connectivity index is 1.59. The topological polar surface area (TPSA) is 72.9 Å². The zero-order chi connectivity index (χ0) is 29.9. The van der Waals surface area contributed by atoms with Gasteiger partial charge in [0.1, 0.15) is 11.5 Å². The number of ether oxygens (including phenoxy) is 2. The molecule has 0 aromatic heterocycles. The van der Waals surface area contributed by atoms with Crippen LogP contribution in [0.3, 0.4) is 0 Å². The van der Waals surface area contributed by atoms with E-state index in [9.17, 15) is 14.4 Å². The summed E-state index contributed by atoms with van der Waals surface area (Å²) < 4.78 is 12.7. The van der Waals surface area contributed by atoms with Crippen molar-refractivity contribution in [1.29, 1.82) is 0 Å². The van der Waals surface area contributed by atoms with Gasteiger partial charge in [0.15, 0.2) is 17.2 Å². The quantitative estimate of drug-likeness (QED) is 0.177. The van der Waals surface area contributed by atoms with E-state index in [1.165, 1.54) is 6.92 Å². The molecule has 216 valence electrons. The van der Waals surface area contributed by atoms with Gasteiger partial charge in [0.25, 0.3) is 0 Å². The highest BCUT2D eigenvalue weighted by molar-refractivity contribution is 9.10. The fourth-order valence-electron chi connectivity index (χ4n) is 5.11. The number of halogens is 1. The molecule has 0 spiro atoms. The van der Waals surface area contributed by atoms with Crippen molar-refractivity contribution in [3.63, 3.8) is 0 Å². The normalized spacial score (nSPS) is 16.9. The lowest BCUT2D eigenvalue weighted by Gasteiger charge is -2.26. The predicted molar refractivity (Wildman–Crippen MR) is 166 cm³/mol. The number of hydrogen-bond acceptors (Lipinski definition) is 6. The molecule has 6 nitrogen and oxygen atoms in total. The Morgan fingerprint density at radius 2 is 1.59 bits per heavy atom. The van der Waals surface area contributed by atoms with Crippen LogP contribution in [0, 0.1) is 25.7 Å². The average Bonchev–Trinajstić information content (AvgIpc) is 3.35. The third kappa shape index (κ3) is 7.41. The van der Waals surface area contributed by atoms with Crippen molar-refractivity contribution in [1.82, 2.24) is 4.90 Å². The molecule has 0 N–H and O–H groups in total. The predicted octanol–water partition coefficient (Wildman–Crippen LogP) is 7.71. The highest BCUT2D eigenvalue weighted by atomic mass is 79.9. The maximum Gasteiger partial charge on any atom is 0.415 e. The van der Waals surface area contributed by atoms with Gasteiger partial charge in [-0.3, -0.25) is 9.59 Å². The monoisotopic (exact) mass is 637 g/mol. The van der Waals surface area contributed by atoms with Crippen molar-refractivity contribution in [2.75, 3.05) is 19.3 Å². The van der Waals surface area contributed by atoms with Crippen molar-refractivity contribution in [2.45, 2.75) is 51.5 Å².